The van der Waals surface area contributed by atoms with Crippen LogP contribution in [-0.2, 0) is 6.42 Å². The van der Waals surface area contributed by atoms with E-state index in [9.17, 15) is 0 Å². The van der Waals surface area contributed by atoms with Gasteiger partial charge < -0.3 is 24.6 Å². The van der Waals surface area contributed by atoms with Crippen LogP contribution in [0.15, 0.2) is 12.1 Å². The first-order valence-electron chi connectivity index (χ1n) is 7.51. The molecule has 118 valence electrons. The fourth-order valence-corrected chi connectivity index (χ4v) is 2.70. The van der Waals surface area contributed by atoms with Crippen LogP contribution in [0.5, 0.6) is 11.5 Å². The molecule has 1 aliphatic rings. The monoisotopic (exact) mass is 293 g/mol. The number of hydrogen-bond acceptors (Lipinski definition) is 5. The maximum atomic E-state index is 5.56. The minimum atomic E-state index is 0.899. The molecule has 0 unspecified atom stereocenters. The van der Waals surface area contributed by atoms with Crippen molar-refractivity contribution < 1.29 is 9.47 Å². The number of piperazine rings is 1. The van der Waals surface area contributed by atoms with Gasteiger partial charge in [-0.15, -0.1) is 0 Å². The van der Waals surface area contributed by atoms with E-state index in [0.717, 1.165) is 56.3 Å². The first-order valence-corrected chi connectivity index (χ1v) is 7.51. The second-order valence-corrected chi connectivity index (χ2v) is 5.57. The third kappa shape index (κ3) is 4.02. The Morgan fingerprint density at radius 2 is 1.76 bits per heavy atom. The highest BCUT2D eigenvalue weighted by atomic mass is 16.5. The summed E-state index contributed by atoms with van der Waals surface area (Å²) in [7, 11) is 7.47. The molecule has 0 bridgehead atoms. The summed E-state index contributed by atoms with van der Waals surface area (Å²) in [5, 5.41) is 3.38. The normalized spacial score (nSPS) is 15.8. The van der Waals surface area contributed by atoms with Gasteiger partial charge in [-0.3, -0.25) is 0 Å². The molecule has 5 heteroatoms. The van der Waals surface area contributed by atoms with E-state index in [2.05, 4.69) is 22.3 Å². The van der Waals surface area contributed by atoms with Gasteiger partial charge in [-0.05, 0) is 18.1 Å². The van der Waals surface area contributed by atoms with Gasteiger partial charge in [-0.2, -0.15) is 0 Å². The summed E-state index contributed by atoms with van der Waals surface area (Å²) < 4.78 is 11.1. The number of hydrogen-bond donors (Lipinski definition) is 1. The van der Waals surface area contributed by atoms with E-state index in [-0.39, 0.29) is 0 Å². The van der Waals surface area contributed by atoms with Gasteiger partial charge in [0.1, 0.15) is 11.5 Å². The van der Waals surface area contributed by atoms with Crippen molar-refractivity contribution >= 4 is 5.69 Å². The molecule has 0 atom stereocenters. The average molecular weight is 293 g/mol. The minimum absolute atomic E-state index is 0.899. The Kier molecular flexibility index (Phi) is 5.70. The van der Waals surface area contributed by atoms with Gasteiger partial charge in [0.25, 0.3) is 0 Å². The zero-order chi connectivity index (χ0) is 15.2. The Hall–Kier alpha value is -1.46. The topological polar surface area (TPSA) is 37.0 Å². The van der Waals surface area contributed by atoms with E-state index in [1.54, 1.807) is 14.2 Å². The lowest BCUT2D eigenvalue weighted by Crippen LogP contribution is -2.44. The lowest BCUT2D eigenvalue weighted by molar-refractivity contribution is 0.243. The second-order valence-electron chi connectivity index (χ2n) is 5.57. The van der Waals surface area contributed by atoms with Crippen molar-refractivity contribution in [2.75, 3.05) is 65.9 Å². The smallest absolute Gasteiger partial charge is 0.142 e. The van der Waals surface area contributed by atoms with Gasteiger partial charge in [0.05, 0.1) is 19.9 Å². The van der Waals surface area contributed by atoms with Crippen LogP contribution in [0.1, 0.15) is 5.56 Å². The zero-order valence-corrected chi connectivity index (χ0v) is 13.6. The molecule has 0 spiro atoms. The Morgan fingerprint density at radius 3 is 2.33 bits per heavy atom. The highest BCUT2D eigenvalue weighted by Crippen LogP contribution is 2.34. The predicted molar refractivity (Wildman–Crippen MR) is 86.9 cm³/mol. The largest absolute Gasteiger partial charge is 0.496 e. The number of anilines is 1. The quantitative estimate of drug-likeness (QED) is 0.853. The van der Waals surface area contributed by atoms with Crippen LogP contribution in [0, 0.1) is 0 Å². The summed E-state index contributed by atoms with van der Waals surface area (Å²) in [4.78, 5) is 4.53. The first kappa shape index (κ1) is 15.9. The standard InChI is InChI=1S/C16H27N3O2/c1-18(2)14-12-15(20-3)13(11-16(14)21-4)5-8-19-9-6-17-7-10-19/h11-12,17H,5-10H2,1-4H3. The van der Waals surface area contributed by atoms with Crippen molar-refractivity contribution in [3.63, 3.8) is 0 Å². The van der Waals surface area contributed by atoms with Crippen LogP contribution in [0.2, 0.25) is 0 Å². The number of nitrogens with one attached hydrogen (secondary N) is 1. The zero-order valence-electron chi connectivity index (χ0n) is 13.6. The number of ether oxygens (including phenoxy) is 2. The molecule has 0 radical (unpaired) electrons. The van der Waals surface area contributed by atoms with Gasteiger partial charge in [0.2, 0.25) is 0 Å². The predicted octanol–water partition coefficient (Wildman–Crippen LogP) is 1.22. The van der Waals surface area contributed by atoms with Crippen molar-refractivity contribution in [1.29, 1.82) is 0 Å². The van der Waals surface area contributed by atoms with E-state index >= 15 is 0 Å². The number of rotatable bonds is 6. The summed E-state index contributed by atoms with van der Waals surface area (Å²) in [5.41, 5.74) is 2.25. The maximum absolute atomic E-state index is 5.56. The number of methoxy groups -OCH3 is 2. The molecule has 2 rings (SSSR count). The van der Waals surface area contributed by atoms with E-state index in [1.165, 1.54) is 5.56 Å². The minimum Gasteiger partial charge on any atom is -0.496 e. The molecule has 1 heterocycles. The van der Waals surface area contributed by atoms with Crippen LogP contribution < -0.4 is 19.7 Å². The van der Waals surface area contributed by atoms with Gasteiger partial charge >= 0.3 is 0 Å². The highest BCUT2D eigenvalue weighted by molar-refractivity contribution is 5.63. The Labute approximate surface area is 127 Å². The van der Waals surface area contributed by atoms with Gasteiger partial charge in [0, 0.05) is 52.9 Å². The van der Waals surface area contributed by atoms with Gasteiger partial charge in [-0.25, -0.2) is 0 Å². The van der Waals surface area contributed by atoms with Crippen molar-refractivity contribution in [1.82, 2.24) is 10.2 Å². The van der Waals surface area contributed by atoms with Gasteiger partial charge in [-0.1, -0.05) is 0 Å². The van der Waals surface area contributed by atoms with E-state index in [4.69, 9.17) is 9.47 Å². The van der Waals surface area contributed by atoms with Crippen molar-refractivity contribution in [2.45, 2.75) is 6.42 Å². The molecule has 1 saturated heterocycles. The van der Waals surface area contributed by atoms with Crippen LogP contribution in [0.25, 0.3) is 0 Å². The molecular formula is C16H27N3O2. The first-order chi connectivity index (χ1) is 10.2. The molecule has 1 aromatic rings. The molecule has 0 aliphatic carbocycles. The second kappa shape index (κ2) is 7.52. The lowest BCUT2D eigenvalue weighted by atomic mass is 10.1. The molecule has 1 fully saturated rings. The summed E-state index contributed by atoms with van der Waals surface area (Å²) in [6, 6.07) is 4.17. The summed E-state index contributed by atoms with van der Waals surface area (Å²) in [6.07, 6.45) is 0.979. The molecule has 5 nitrogen and oxygen atoms in total. The summed E-state index contributed by atoms with van der Waals surface area (Å²) in [6.45, 7) is 5.47. The third-order valence-electron chi connectivity index (χ3n) is 3.97. The Morgan fingerprint density at radius 1 is 1.10 bits per heavy atom. The highest BCUT2D eigenvalue weighted by Gasteiger charge is 2.15. The molecule has 0 aromatic heterocycles. The molecule has 0 amide bonds. The molecular weight excluding hydrogens is 266 g/mol. The number of nitrogens with zero attached hydrogens (tertiary/aromatic N) is 2. The van der Waals surface area contributed by atoms with Crippen LogP contribution in [-0.4, -0.2) is 65.9 Å². The van der Waals surface area contributed by atoms with Crippen LogP contribution in [0.4, 0.5) is 5.69 Å². The lowest BCUT2D eigenvalue weighted by Gasteiger charge is -2.27. The molecule has 0 saturated carbocycles. The van der Waals surface area contributed by atoms with E-state index < -0.39 is 0 Å². The molecule has 1 aliphatic heterocycles. The van der Waals surface area contributed by atoms with E-state index in [0.29, 0.717) is 0 Å². The van der Waals surface area contributed by atoms with Crippen LogP contribution in [0.3, 0.4) is 0 Å². The van der Waals surface area contributed by atoms with Crippen LogP contribution >= 0.6 is 0 Å². The Balaban J connectivity index is 2.13. The molecule has 21 heavy (non-hydrogen) atoms. The van der Waals surface area contributed by atoms with Gasteiger partial charge in [0.15, 0.2) is 0 Å². The van der Waals surface area contributed by atoms with Crippen molar-refractivity contribution in [2.24, 2.45) is 0 Å². The van der Waals surface area contributed by atoms with E-state index in [1.807, 2.05) is 19.0 Å². The van der Waals surface area contributed by atoms with Crippen molar-refractivity contribution in [3.8, 4) is 11.5 Å². The fraction of sp³-hybridized carbons (Fsp3) is 0.625. The summed E-state index contributed by atoms with van der Waals surface area (Å²) in [5.74, 6) is 1.84. The maximum Gasteiger partial charge on any atom is 0.142 e. The number of benzene rings is 1. The molecule has 1 N–H and O–H groups in total. The Bertz CT molecular complexity index is 457. The average Bonchev–Trinajstić information content (AvgIpc) is 2.52. The summed E-state index contributed by atoms with van der Waals surface area (Å²) >= 11 is 0. The SMILES string of the molecule is COc1cc(N(C)C)c(OC)cc1CCN1CCNCC1. The fourth-order valence-electron chi connectivity index (χ4n) is 2.70. The molecule has 1 aromatic carbocycles. The van der Waals surface area contributed by atoms with Crippen molar-refractivity contribution in [3.05, 3.63) is 17.7 Å². The third-order valence-corrected chi connectivity index (χ3v) is 3.97.